The molecule has 32 heavy (non-hydrogen) atoms. The lowest BCUT2D eigenvalue weighted by Gasteiger charge is -2.25. The van der Waals surface area contributed by atoms with Crippen molar-refractivity contribution in [2.75, 3.05) is 0 Å². The molecular formula is C23H14Cl4N2O3. The summed E-state index contributed by atoms with van der Waals surface area (Å²) in [6, 6.07) is 13.6. The highest BCUT2D eigenvalue weighted by Crippen LogP contribution is 2.42. The van der Waals surface area contributed by atoms with Crippen LogP contribution in [0, 0.1) is 0 Å². The van der Waals surface area contributed by atoms with Gasteiger partial charge in [0.05, 0.1) is 43.9 Å². The van der Waals surface area contributed by atoms with E-state index in [1.54, 1.807) is 42.6 Å². The number of hydrogen-bond donors (Lipinski definition) is 1. The third-order valence-electron chi connectivity index (χ3n) is 5.05. The van der Waals surface area contributed by atoms with E-state index < -0.39 is 17.7 Å². The van der Waals surface area contributed by atoms with Gasteiger partial charge in [-0.2, -0.15) is 0 Å². The van der Waals surface area contributed by atoms with E-state index in [9.17, 15) is 14.7 Å². The summed E-state index contributed by atoms with van der Waals surface area (Å²) in [5.41, 5.74) is 1.24. The molecule has 1 amide bonds. The first-order valence-electron chi connectivity index (χ1n) is 9.36. The van der Waals surface area contributed by atoms with Crippen LogP contribution in [0.5, 0.6) is 0 Å². The molecule has 0 radical (unpaired) electrons. The van der Waals surface area contributed by atoms with Crippen LogP contribution in [-0.4, -0.2) is 26.7 Å². The summed E-state index contributed by atoms with van der Waals surface area (Å²) in [4.78, 5) is 31.7. The average Bonchev–Trinajstić information content (AvgIpc) is 3.02. The second kappa shape index (κ2) is 9.12. The Morgan fingerprint density at radius 2 is 1.59 bits per heavy atom. The number of aliphatic hydroxyl groups excluding tert-OH is 1. The molecule has 2 aromatic carbocycles. The molecule has 1 unspecified atom stereocenters. The van der Waals surface area contributed by atoms with Gasteiger partial charge in [-0.3, -0.25) is 14.6 Å². The van der Waals surface area contributed by atoms with E-state index in [-0.39, 0.29) is 33.5 Å². The van der Waals surface area contributed by atoms with Crippen LogP contribution >= 0.6 is 46.4 Å². The predicted octanol–water partition coefficient (Wildman–Crippen LogP) is 6.32. The van der Waals surface area contributed by atoms with Gasteiger partial charge in [0.2, 0.25) is 0 Å². The SMILES string of the molecule is O=C1C(=O)N(Cc2ccccn2)C(c2ccc(Cl)c(Cl)c2)/C1=C(/O)c1ccc(Cl)c(Cl)c1. The van der Waals surface area contributed by atoms with Crippen LogP contribution in [-0.2, 0) is 16.1 Å². The normalized spacial score (nSPS) is 17.8. The first-order chi connectivity index (χ1) is 15.3. The van der Waals surface area contributed by atoms with Gasteiger partial charge < -0.3 is 10.0 Å². The Morgan fingerprint density at radius 1 is 0.906 bits per heavy atom. The summed E-state index contributed by atoms with van der Waals surface area (Å²) in [6.07, 6.45) is 1.59. The molecule has 162 valence electrons. The molecular weight excluding hydrogens is 494 g/mol. The molecule has 2 heterocycles. The van der Waals surface area contributed by atoms with Gasteiger partial charge in [0, 0.05) is 11.8 Å². The van der Waals surface area contributed by atoms with Gasteiger partial charge in [0.1, 0.15) is 5.76 Å². The highest BCUT2D eigenvalue weighted by Gasteiger charge is 2.46. The predicted molar refractivity (Wildman–Crippen MR) is 125 cm³/mol. The number of pyridine rings is 1. The number of benzene rings is 2. The number of ketones is 1. The summed E-state index contributed by atoms with van der Waals surface area (Å²) in [7, 11) is 0. The van der Waals surface area contributed by atoms with Gasteiger partial charge in [-0.15, -0.1) is 0 Å². The fourth-order valence-corrected chi connectivity index (χ4v) is 4.14. The number of likely N-dealkylation sites (tertiary alicyclic amines) is 1. The van der Waals surface area contributed by atoms with Crippen molar-refractivity contribution in [3.05, 3.63) is 103 Å². The Kier molecular flexibility index (Phi) is 6.45. The lowest BCUT2D eigenvalue weighted by molar-refractivity contribution is -0.140. The van der Waals surface area contributed by atoms with Crippen molar-refractivity contribution in [1.82, 2.24) is 9.88 Å². The number of aromatic nitrogens is 1. The minimum absolute atomic E-state index is 0.0501. The molecule has 1 aliphatic rings. The summed E-state index contributed by atoms with van der Waals surface area (Å²) >= 11 is 24.3. The van der Waals surface area contributed by atoms with Crippen molar-refractivity contribution in [3.63, 3.8) is 0 Å². The topological polar surface area (TPSA) is 70.5 Å². The Labute approximate surface area is 203 Å². The van der Waals surface area contributed by atoms with Crippen LogP contribution in [0.1, 0.15) is 22.9 Å². The number of aliphatic hydroxyl groups is 1. The molecule has 1 N–H and O–H groups in total. The van der Waals surface area contributed by atoms with Gasteiger partial charge in [-0.05, 0) is 48.0 Å². The van der Waals surface area contributed by atoms with Gasteiger partial charge in [-0.25, -0.2) is 0 Å². The molecule has 0 spiro atoms. The zero-order valence-electron chi connectivity index (χ0n) is 16.2. The van der Waals surface area contributed by atoms with Crippen LogP contribution in [0.3, 0.4) is 0 Å². The number of amides is 1. The number of rotatable bonds is 4. The smallest absolute Gasteiger partial charge is 0.296 e. The molecule has 1 aliphatic heterocycles. The van der Waals surface area contributed by atoms with Gasteiger partial charge >= 0.3 is 0 Å². The molecule has 5 nitrogen and oxygen atoms in total. The van der Waals surface area contributed by atoms with Crippen molar-refractivity contribution >= 4 is 63.9 Å². The van der Waals surface area contributed by atoms with Crippen molar-refractivity contribution < 1.29 is 14.7 Å². The maximum absolute atomic E-state index is 13.1. The van der Waals surface area contributed by atoms with Crippen molar-refractivity contribution in [2.45, 2.75) is 12.6 Å². The first-order valence-corrected chi connectivity index (χ1v) is 10.9. The molecule has 1 fully saturated rings. The van der Waals surface area contributed by atoms with Crippen LogP contribution in [0.15, 0.2) is 66.4 Å². The summed E-state index contributed by atoms with van der Waals surface area (Å²) in [6.45, 7) is 0.0501. The summed E-state index contributed by atoms with van der Waals surface area (Å²) in [5.74, 6) is -1.98. The quantitative estimate of drug-likeness (QED) is 0.255. The molecule has 9 heteroatoms. The molecule has 0 saturated carbocycles. The molecule has 3 aromatic rings. The van der Waals surface area contributed by atoms with E-state index in [0.717, 1.165) is 0 Å². The largest absolute Gasteiger partial charge is 0.507 e. The number of hydrogen-bond acceptors (Lipinski definition) is 4. The minimum atomic E-state index is -0.916. The van der Waals surface area contributed by atoms with E-state index in [2.05, 4.69) is 4.98 Å². The van der Waals surface area contributed by atoms with Gasteiger partial charge in [-0.1, -0.05) is 58.5 Å². The van der Waals surface area contributed by atoms with Crippen LogP contribution in [0.2, 0.25) is 20.1 Å². The number of halogens is 4. The maximum atomic E-state index is 13.1. The summed E-state index contributed by atoms with van der Waals surface area (Å²) in [5, 5.41) is 12.1. The van der Waals surface area contributed by atoms with Crippen LogP contribution < -0.4 is 0 Å². The highest BCUT2D eigenvalue weighted by atomic mass is 35.5. The number of nitrogens with zero attached hydrogens (tertiary/aromatic N) is 2. The van der Waals surface area contributed by atoms with E-state index in [0.29, 0.717) is 21.3 Å². The molecule has 1 aromatic heterocycles. The van der Waals surface area contributed by atoms with E-state index >= 15 is 0 Å². The highest BCUT2D eigenvalue weighted by molar-refractivity contribution is 6.47. The van der Waals surface area contributed by atoms with E-state index in [1.165, 1.54) is 23.1 Å². The summed E-state index contributed by atoms with van der Waals surface area (Å²) < 4.78 is 0. The first kappa shape index (κ1) is 22.6. The standard InChI is InChI=1S/C23H14Cl4N2O3/c24-15-6-4-12(9-17(15)26)20-19(21(30)13-5-7-16(25)18(27)10-13)22(31)23(32)29(20)11-14-3-1-2-8-28-14/h1-10,20,30H,11H2/b21-19-. The second-order valence-corrected chi connectivity index (χ2v) is 8.68. The minimum Gasteiger partial charge on any atom is -0.507 e. The van der Waals surface area contributed by atoms with Crippen LogP contribution in [0.4, 0.5) is 0 Å². The Bertz CT molecular complexity index is 1260. The second-order valence-electron chi connectivity index (χ2n) is 7.05. The third-order valence-corrected chi connectivity index (χ3v) is 6.53. The Balaban J connectivity index is 1.90. The molecule has 1 saturated heterocycles. The molecule has 0 bridgehead atoms. The van der Waals surface area contributed by atoms with Crippen molar-refractivity contribution in [1.29, 1.82) is 0 Å². The Hall–Kier alpha value is -2.57. The van der Waals surface area contributed by atoms with Crippen molar-refractivity contribution in [2.24, 2.45) is 0 Å². The zero-order chi connectivity index (χ0) is 23.0. The average molecular weight is 508 g/mol. The molecule has 1 atom stereocenters. The zero-order valence-corrected chi connectivity index (χ0v) is 19.3. The Morgan fingerprint density at radius 3 is 2.22 bits per heavy atom. The van der Waals surface area contributed by atoms with E-state index in [4.69, 9.17) is 46.4 Å². The number of carbonyl (C=O) groups is 2. The molecule has 0 aliphatic carbocycles. The third kappa shape index (κ3) is 4.21. The lowest BCUT2D eigenvalue weighted by Crippen LogP contribution is -2.29. The van der Waals surface area contributed by atoms with Gasteiger partial charge in [0.25, 0.3) is 11.7 Å². The van der Waals surface area contributed by atoms with Crippen molar-refractivity contribution in [3.8, 4) is 0 Å². The molecule has 4 rings (SSSR count). The van der Waals surface area contributed by atoms with Gasteiger partial charge in [0.15, 0.2) is 0 Å². The number of Topliss-reactive ketones (excluding diaryl/α,β-unsaturated/α-hetero) is 1. The fourth-order valence-electron chi connectivity index (χ4n) is 3.54. The van der Waals surface area contributed by atoms with E-state index in [1.807, 2.05) is 0 Å². The van der Waals surface area contributed by atoms with Crippen LogP contribution in [0.25, 0.3) is 5.76 Å². The lowest BCUT2D eigenvalue weighted by atomic mass is 9.95. The fraction of sp³-hybridized carbons (Fsp3) is 0.0870. The monoisotopic (exact) mass is 506 g/mol. The maximum Gasteiger partial charge on any atom is 0.296 e. The number of carbonyl (C=O) groups excluding carboxylic acids is 2.